The fourth-order valence-electron chi connectivity index (χ4n) is 6.58. The molecule has 4 rings (SSSR count). The Morgan fingerprint density at radius 1 is 1.19 bits per heavy atom. The highest BCUT2D eigenvalue weighted by molar-refractivity contribution is 5.92. The Kier molecular flexibility index (Phi) is 4.62. The molecule has 4 aliphatic rings. The minimum atomic E-state index is -0.288. The SMILES string of the molecule is C[C@@]12CC[C@H]3OCC[C@@]3(C)[C@H]1CCC[C@H]2C/C=C1/C(=O)OCC1NC=O. The van der Waals surface area contributed by atoms with E-state index in [1.165, 1.54) is 32.1 Å². The maximum atomic E-state index is 12.0. The molecule has 5 heteroatoms. The van der Waals surface area contributed by atoms with Gasteiger partial charge in [0.05, 0.1) is 17.7 Å². The predicted octanol–water partition coefficient (Wildman–Crippen LogP) is 2.99. The van der Waals surface area contributed by atoms with E-state index in [1.807, 2.05) is 6.08 Å². The number of amides is 1. The van der Waals surface area contributed by atoms with Crippen molar-refractivity contribution in [2.45, 2.75) is 70.9 Å². The number of esters is 1. The summed E-state index contributed by atoms with van der Waals surface area (Å²) in [5.41, 5.74) is 1.25. The van der Waals surface area contributed by atoms with Gasteiger partial charge in [0.25, 0.3) is 0 Å². The van der Waals surface area contributed by atoms with Crippen molar-refractivity contribution in [1.82, 2.24) is 5.32 Å². The van der Waals surface area contributed by atoms with Crippen molar-refractivity contribution in [2.75, 3.05) is 13.2 Å². The first kappa shape index (κ1) is 18.0. The van der Waals surface area contributed by atoms with Gasteiger partial charge in [0, 0.05) is 6.61 Å². The zero-order valence-corrected chi connectivity index (χ0v) is 16.0. The van der Waals surface area contributed by atoms with Crippen molar-refractivity contribution in [3.8, 4) is 0 Å². The number of cyclic esters (lactones) is 1. The number of carbonyl (C=O) groups is 2. The van der Waals surface area contributed by atoms with Crippen LogP contribution in [0, 0.1) is 22.7 Å². The fourth-order valence-corrected chi connectivity index (χ4v) is 6.58. The normalized spacial score (nSPS) is 46.5. The van der Waals surface area contributed by atoms with Crippen LogP contribution in [0.2, 0.25) is 0 Å². The molecule has 1 N–H and O–H groups in total. The summed E-state index contributed by atoms with van der Waals surface area (Å²) >= 11 is 0. The van der Waals surface area contributed by atoms with Gasteiger partial charge in [-0.05, 0) is 61.2 Å². The summed E-state index contributed by atoms with van der Waals surface area (Å²) in [7, 11) is 0. The number of nitrogens with one attached hydrogen (secondary N) is 1. The summed E-state index contributed by atoms with van der Waals surface area (Å²) in [5.74, 6) is 1.01. The molecule has 5 nitrogen and oxygen atoms in total. The first-order chi connectivity index (χ1) is 12.5. The quantitative estimate of drug-likeness (QED) is 0.475. The second kappa shape index (κ2) is 6.66. The van der Waals surface area contributed by atoms with Crippen LogP contribution in [0.4, 0.5) is 0 Å². The number of ether oxygens (including phenoxy) is 2. The van der Waals surface area contributed by atoms with Crippen LogP contribution in [-0.2, 0) is 19.1 Å². The van der Waals surface area contributed by atoms with Gasteiger partial charge < -0.3 is 14.8 Å². The van der Waals surface area contributed by atoms with E-state index in [0.717, 1.165) is 19.4 Å². The summed E-state index contributed by atoms with van der Waals surface area (Å²) in [6.45, 7) is 6.10. The highest BCUT2D eigenvalue weighted by atomic mass is 16.5. The van der Waals surface area contributed by atoms with E-state index in [9.17, 15) is 9.59 Å². The number of fused-ring (bicyclic) bond motifs is 3. The summed E-state index contributed by atoms with van der Waals surface area (Å²) in [6, 6.07) is -0.288. The minimum absolute atomic E-state index is 0.255. The molecule has 0 radical (unpaired) electrons. The van der Waals surface area contributed by atoms with E-state index in [4.69, 9.17) is 9.47 Å². The molecule has 0 aromatic rings. The third kappa shape index (κ3) is 2.70. The lowest BCUT2D eigenvalue weighted by molar-refractivity contribution is -0.135. The lowest BCUT2D eigenvalue weighted by Crippen LogP contribution is -2.53. The van der Waals surface area contributed by atoms with Gasteiger partial charge in [-0.15, -0.1) is 0 Å². The van der Waals surface area contributed by atoms with Gasteiger partial charge in [-0.1, -0.05) is 26.3 Å². The van der Waals surface area contributed by atoms with E-state index in [-0.39, 0.29) is 18.6 Å². The molecule has 0 bridgehead atoms. The largest absolute Gasteiger partial charge is 0.460 e. The molecule has 2 aliphatic heterocycles. The molecule has 4 fully saturated rings. The van der Waals surface area contributed by atoms with E-state index in [1.54, 1.807) is 0 Å². The lowest BCUT2D eigenvalue weighted by atomic mass is 9.46. The zero-order valence-electron chi connectivity index (χ0n) is 16.0. The Bertz CT molecular complexity index is 617. The number of carbonyl (C=O) groups excluding carboxylic acids is 2. The van der Waals surface area contributed by atoms with E-state index in [0.29, 0.717) is 40.8 Å². The van der Waals surface area contributed by atoms with Crippen LogP contribution >= 0.6 is 0 Å². The molecule has 2 saturated heterocycles. The van der Waals surface area contributed by atoms with E-state index >= 15 is 0 Å². The highest BCUT2D eigenvalue weighted by Gasteiger charge is 2.58. The van der Waals surface area contributed by atoms with Gasteiger partial charge in [-0.2, -0.15) is 0 Å². The Morgan fingerprint density at radius 3 is 2.85 bits per heavy atom. The summed E-state index contributed by atoms with van der Waals surface area (Å²) < 4.78 is 11.2. The van der Waals surface area contributed by atoms with Crippen LogP contribution in [0.25, 0.3) is 0 Å². The molecular formula is C21H31NO4. The van der Waals surface area contributed by atoms with Crippen molar-refractivity contribution >= 4 is 12.4 Å². The average Bonchev–Trinajstić information content (AvgIpc) is 3.17. The monoisotopic (exact) mass is 361 g/mol. The van der Waals surface area contributed by atoms with Crippen molar-refractivity contribution in [2.24, 2.45) is 22.7 Å². The molecular weight excluding hydrogens is 330 g/mol. The third-order valence-electron chi connectivity index (χ3n) is 8.09. The first-order valence-electron chi connectivity index (χ1n) is 10.2. The van der Waals surface area contributed by atoms with Crippen LogP contribution in [-0.4, -0.2) is 37.7 Å². The molecule has 1 unspecified atom stereocenters. The van der Waals surface area contributed by atoms with Crippen molar-refractivity contribution in [3.63, 3.8) is 0 Å². The van der Waals surface area contributed by atoms with Crippen molar-refractivity contribution in [1.29, 1.82) is 0 Å². The van der Waals surface area contributed by atoms with Crippen LogP contribution in [0.1, 0.15) is 58.8 Å². The highest BCUT2D eigenvalue weighted by Crippen LogP contribution is 2.63. The standard InChI is InChI=1S/C21H31NO4/c1-20-9-8-18-21(2,10-11-25-18)17(20)5-3-4-14(20)6-7-15-16(22-13-23)12-26-19(15)24/h7,13-14,16-18H,3-6,8-12H2,1-2H3,(H,22,23)/b15-7+/t14-,16?,17-,18+,20-,21-/m0/s1. The Labute approximate surface area is 155 Å². The number of rotatable bonds is 4. The molecule has 2 aliphatic carbocycles. The summed E-state index contributed by atoms with van der Waals surface area (Å²) in [4.78, 5) is 22.8. The van der Waals surface area contributed by atoms with Crippen LogP contribution in [0.15, 0.2) is 11.6 Å². The van der Waals surface area contributed by atoms with Gasteiger partial charge in [-0.25, -0.2) is 4.79 Å². The molecule has 0 aromatic carbocycles. The smallest absolute Gasteiger partial charge is 0.336 e. The van der Waals surface area contributed by atoms with Gasteiger partial charge >= 0.3 is 5.97 Å². The van der Waals surface area contributed by atoms with Gasteiger partial charge in [0.2, 0.25) is 6.41 Å². The second-order valence-corrected chi connectivity index (χ2v) is 9.17. The fraction of sp³-hybridized carbons (Fsp3) is 0.810. The molecule has 2 heterocycles. The maximum Gasteiger partial charge on any atom is 0.336 e. The molecule has 0 spiro atoms. The Morgan fingerprint density at radius 2 is 2.04 bits per heavy atom. The zero-order chi connectivity index (χ0) is 18.4. The van der Waals surface area contributed by atoms with E-state index in [2.05, 4.69) is 19.2 Å². The first-order valence-corrected chi connectivity index (χ1v) is 10.2. The van der Waals surface area contributed by atoms with Crippen LogP contribution in [0.3, 0.4) is 0 Å². The predicted molar refractivity (Wildman–Crippen MR) is 97.3 cm³/mol. The van der Waals surface area contributed by atoms with Gasteiger partial charge in [0.15, 0.2) is 0 Å². The van der Waals surface area contributed by atoms with Gasteiger partial charge in [-0.3, -0.25) is 4.79 Å². The van der Waals surface area contributed by atoms with Crippen LogP contribution < -0.4 is 5.32 Å². The summed E-state index contributed by atoms with van der Waals surface area (Å²) in [5, 5.41) is 2.70. The Balaban J connectivity index is 1.54. The number of allylic oxidation sites excluding steroid dienone is 1. The molecule has 144 valence electrons. The number of hydrogen-bond donors (Lipinski definition) is 1. The molecule has 1 amide bonds. The lowest BCUT2D eigenvalue weighted by Gasteiger charge is -2.58. The molecule has 26 heavy (non-hydrogen) atoms. The third-order valence-corrected chi connectivity index (χ3v) is 8.09. The van der Waals surface area contributed by atoms with Crippen LogP contribution in [0.5, 0.6) is 0 Å². The topological polar surface area (TPSA) is 64.6 Å². The van der Waals surface area contributed by atoms with Gasteiger partial charge in [0.1, 0.15) is 6.61 Å². The maximum absolute atomic E-state index is 12.0. The second-order valence-electron chi connectivity index (χ2n) is 9.17. The van der Waals surface area contributed by atoms with E-state index < -0.39 is 0 Å². The van der Waals surface area contributed by atoms with Crippen molar-refractivity contribution < 1.29 is 19.1 Å². The molecule has 2 saturated carbocycles. The number of hydrogen-bond acceptors (Lipinski definition) is 4. The minimum Gasteiger partial charge on any atom is -0.460 e. The average molecular weight is 361 g/mol. The molecule has 6 atom stereocenters. The van der Waals surface area contributed by atoms with Crippen molar-refractivity contribution in [3.05, 3.63) is 11.6 Å². The Hall–Kier alpha value is -1.36. The molecule has 0 aromatic heterocycles. The summed E-state index contributed by atoms with van der Waals surface area (Å²) in [6.07, 6.45) is 11.4.